The molecule has 2 unspecified atom stereocenters. The number of cyclic esters (lactones) is 1. The fourth-order valence-electron chi connectivity index (χ4n) is 3.84. The van der Waals surface area contributed by atoms with Gasteiger partial charge in [0.2, 0.25) is 0 Å². The summed E-state index contributed by atoms with van der Waals surface area (Å²) in [5.74, 6) is -3.53. The lowest BCUT2D eigenvalue weighted by Gasteiger charge is -2.27. The van der Waals surface area contributed by atoms with Gasteiger partial charge in [0.15, 0.2) is 0 Å². The molecule has 2 heterocycles. The van der Waals surface area contributed by atoms with Gasteiger partial charge in [-0.15, -0.1) is 11.3 Å². The number of aliphatic hydroxyl groups is 2. The Bertz CT molecular complexity index is 904. The van der Waals surface area contributed by atoms with Gasteiger partial charge in [-0.2, -0.15) is 0 Å². The van der Waals surface area contributed by atoms with E-state index in [1.54, 1.807) is 13.8 Å². The van der Waals surface area contributed by atoms with Crippen LogP contribution in [0, 0.1) is 24.7 Å². The van der Waals surface area contributed by atoms with Crippen LogP contribution in [0.4, 0.5) is 0 Å². The Labute approximate surface area is 199 Å². The molecule has 0 spiro atoms. The number of esters is 1. The van der Waals surface area contributed by atoms with Crippen LogP contribution < -0.4 is 0 Å². The van der Waals surface area contributed by atoms with Crippen molar-refractivity contribution < 1.29 is 29.3 Å². The lowest BCUT2D eigenvalue weighted by atomic mass is 9.81. The number of aliphatic hydroxyl groups excluding tert-OH is 2. The second-order valence-electron chi connectivity index (χ2n) is 8.90. The van der Waals surface area contributed by atoms with Gasteiger partial charge >= 0.3 is 5.97 Å². The monoisotopic (exact) mass is 477 g/mol. The Morgan fingerprint density at radius 3 is 2.45 bits per heavy atom. The summed E-state index contributed by atoms with van der Waals surface area (Å²) < 4.78 is 5.66. The SMILES string of the molecule is C/C(=C\c1csc(C)n1)C1C/C=C\CCC(=O)[C@H](C)[C@H](O)[C@@H](C)C(=O)C(C)[C@@H](O)CC(=O)O1. The first-order chi connectivity index (χ1) is 15.5. The Morgan fingerprint density at radius 1 is 1.12 bits per heavy atom. The van der Waals surface area contributed by atoms with Crippen molar-refractivity contribution in [2.45, 2.75) is 78.6 Å². The molecule has 1 aliphatic heterocycles. The number of hydrogen-bond acceptors (Lipinski definition) is 8. The van der Waals surface area contributed by atoms with Crippen molar-refractivity contribution in [3.63, 3.8) is 0 Å². The first-order valence-corrected chi connectivity index (χ1v) is 12.3. The lowest BCUT2D eigenvalue weighted by Crippen LogP contribution is -2.40. The summed E-state index contributed by atoms with van der Waals surface area (Å²) in [4.78, 5) is 42.3. The Kier molecular flexibility index (Phi) is 10.1. The quantitative estimate of drug-likeness (QED) is 0.493. The topological polar surface area (TPSA) is 114 Å². The standard InChI is InChI=1S/C25H35NO6S/c1-14(11-19-13-33-18(5)26-19)22-10-8-6-7-9-20(27)15(2)24(30)17(4)25(31)16(3)21(28)12-23(29)32-22/h6,8,11,13,15-17,21-22,24,28,30H,7,9-10,12H2,1-5H3/b8-6-,14-11+/t15-,16?,17+,21-,22?,24-/m0/s1. The smallest absolute Gasteiger partial charge is 0.309 e. The van der Waals surface area contributed by atoms with Gasteiger partial charge in [0.25, 0.3) is 0 Å². The third-order valence-electron chi connectivity index (χ3n) is 6.25. The molecule has 6 atom stereocenters. The fourth-order valence-corrected chi connectivity index (χ4v) is 4.41. The molecule has 182 valence electrons. The molecule has 1 aliphatic rings. The number of allylic oxidation sites excluding steroid dienone is 1. The molecule has 0 aliphatic carbocycles. The number of carbonyl (C=O) groups excluding carboxylic acids is 3. The normalized spacial score (nSPS) is 32.5. The molecule has 1 aromatic heterocycles. The minimum atomic E-state index is -1.25. The summed E-state index contributed by atoms with van der Waals surface area (Å²) in [7, 11) is 0. The van der Waals surface area contributed by atoms with Crippen LogP contribution in [0.5, 0.6) is 0 Å². The minimum Gasteiger partial charge on any atom is -0.457 e. The van der Waals surface area contributed by atoms with Crippen LogP contribution in [0.25, 0.3) is 6.08 Å². The van der Waals surface area contributed by atoms with Crippen molar-refractivity contribution in [1.82, 2.24) is 4.98 Å². The summed E-state index contributed by atoms with van der Waals surface area (Å²) in [5, 5.41) is 23.9. The third kappa shape index (κ3) is 7.69. The van der Waals surface area contributed by atoms with E-state index in [1.165, 1.54) is 18.3 Å². The van der Waals surface area contributed by atoms with Crippen molar-refractivity contribution in [2.24, 2.45) is 17.8 Å². The van der Waals surface area contributed by atoms with Gasteiger partial charge in [-0.05, 0) is 31.9 Å². The van der Waals surface area contributed by atoms with Gasteiger partial charge in [-0.25, -0.2) is 4.98 Å². The maximum Gasteiger partial charge on any atom is 0.309 e. The predicted octanol–water partition coefficient (Wildman–Crippen LogP) is 3.67. The van der Waals surface area contributed by atoms with Gasteiger partial charge < -0.3 is 14.9 Å². The van der Waals surface area contributed by atoms with E-state index in [1.807, 2.05) is 37.5 Å². The van der Waals surface area contributed by atoms with E-state index in [0.29, 0.717) is 12.8 Å². The summed E-state index contributed by atoms with van der Waals surface area (Å²) in [6, 6.07) is 0. The number of thiazole rings is 1. The van der Waals surface area contributed by atoms with Crippen LogP contribution in [0.1, 0.15) is 64.1 Å². The third-order valence-corrected chi connectivity index (χ3v) is 7.04. The van der Waals surface area contributed by atoms with Crippen LogP contribution in [-0.4, -0.2) is 51.0 Å². The molecular formula is C25H35NO6S. The molecule has 8 heteroatoms. The number of carbonyl (C=O) groups is 3. The summed E-state index contributed by atoms with van der Waals surface area (Å²) >= 11 is 1.53. The molecule has 2 rings (SSSR count). The molecule has 0 saturated heterocycles. The van der Waals surface area contributed by atoms with Crippen LogP contribution in [-0.2, 0) is 19.1 Å². The van der Waals surface area contributed by atoms with Gasteiger partial charge in [0.05, 0.1) is 29.3 Å². The summed E-state index contributed by atoms with van der Waals surface area (Å²) in [6.07, 6.45) is 3.44. The van der Waals surface area contributed by atoms with Gasteiger partial charge in [-0.1, -0.05) is 32.9 Å². The maximum absolute atomic E-state index is 12.8. The maximum atomic E-state index is 12.8. The number of aryl methyl sites for hydroxylation is 1. The molecule has 0 bridgehead atoms. The Hall–Kier alpha value is -2.16. The molecule has 0 amide bonds. The molecule has 0 saturated carbocycles. The van der Waals surface area contributed by atoms with E-state index < -0.39 is 42.0 Å². The molecule has 1 aromatic rings. The lowest BCUT2D eigenvalue weighted by molar-refractivity contribution is -0.151. The van der Waals surface area contributed by atoms with E-state index in [9.17, 15) is 24.6 Å². The molecule has 7 nitrogen and oxygen atoms in total. The van der Waals surface area contributed by atoms with Crippen LogP contribution in [0.2, 0.25) is 0 Å². The number of aromatic nitrogens is 1. The van der Waals surface area contributed by atoms with Crippen molar-refractivity contribution in [3.05, 3.63) is 33.8 Å². The predicted molar refractivity (Wildman–Crippen MR) is 128 cm³/mol. The number of ketones is 2. The van der Waals surface area contributed by atoms with Crippen LogP contribution in [0.15, 0.2) is 23.1 Å². The Balaban J connectivity index is 2.27. The van der Waals surface area contributed by atoms with E-state index in [4.69, 9.17) is 4.74 Å². The average molecular weight is 478 g/mol. The average Bonchev–Trinajstić information content (AvgIpc) is 3.18. The van der Waals surface area contributed by atoms with E-state index in [2.05, 4.69) is 4.98 Å². The van der Waals surface area contributed by atoms with Crippen LogP contribution >= 0.6 is 11.3 Å². The highest BCUT2D eigenvalue weighted by molar-refractivity contribution is 7.09. The minimum absolute atomic E-state index is 0.120. The van der Waals surface area contributed by atoms with Crippen molar-refractivity contribution in [3.8, 4) is 0 Å². The molecule has 0 aromatic carbocycles. The van der Waals surface area contributed by atoms with Crippen LogP contribution in [0.3, 0.4) is 0 Å². The van der Waals surface area contributed by atoms with E-state index >= 15 is 0 Å². The highest BCUT2D eigenvalue weighted by Crippen LogP contribution is 2.24. The van der Waals surface area contributed by atoms with E-state index in [-0.39, 0.29) is 24.4 Å². The number of nitrogens with zero attached hydrogens (tertiary/aromatic N) is 1. The molecular weight excluding hydrogens is 442 g/mol. The zero-order valence-electron chi connectivity index (χ0n) is 20.0. The molecule has 0 fully saturated rings. The summed E-state index contributed by atoms with van der Waals surface area (Å²) in [6.45, 7) is 8.46. The van der Waals surface area contributed by atoms with Gasteiger partial charge in [0, 0.05) is 36.0 Å². The number of ether oxygens (including phenoxy) is 1. The summed E-state index contributed by atoms with van der Waals surface area (Å²) in [5.41, 5.74) is 1.59. The zero-order chi connectivity index (χ0) is 24.7. The second kappa shape index (κ2) is 12.3. The van der Waals surface area contributed by atoms with Crippen molar-refractivity contribution >= 4 is 34.9 Å². The van der Waals surface area contributed by atoms with Crippen molar-refractivity contribution in [2.75, 3.05) is 0 Å². The van der Waals surface area contributed by atoms with E-state index in [0.717, 1.165) is 16.3 Å². The highest BCUT2D eigenvalue weighted by Gasteiger charge is 2.35. The highest BCUT2D eigenvalue weighted by atomic mass is 32.1. The molecule has 0 radical (unpaired) electrons. The zero-order valence-corrected chi connectivity index (χ0v) is 20.8. The van der Waals surface area contributed by atoms with Gasteiger partial charge in [-0.3, -0.25) is 14.4 Å². The molecule has 33 heavy (non-hydrogen) atoms. The first-order valence-electron chi connectivity index (χ1n) is 11.4. The largest absolute Gasteiger partial charge is 0.457 e. The number of hydrogen-bond donors (Lipinski definition) is 2. The fraction of sp³-hybridized carbons (Fsp3) is 0.600. The second-order valence-corrected chi connectivity index (χ2v) is 9.96. The van der Waals surface area contributed by atoms with Crippen molar-refractivity contribution in [1.29, 1.82) is 0 Å². The number of rotatable bonds is 2. The van der Waals surface area contributed by atoms with Gasteiger partial charge in [0.1, 0.15) is 17.7 Å². The molecule has 2 N–H and O–H groups in total. The Morgan fingerprint density at radius 2 is 1.82 bits per heavy atom. The number of Topliss-reactive ketones (excluding diaryl/α,β-unsaturated/α-hetero) is 2. The first kappa shape index (κ1) is 27.1.